The van der Waals surface area contributed by atoms with E-state index in [9.17, 15) is 13.2 Å². The van der Waals surface area contributed by atoms with Crippen LogP contribution in [0.2, 0.25) is 0 Å². The zero-order chi connectivity index (χ0) is 23.9. The average molecular weight is 487 g/mol. The maximum absolute atomic E-state index is 15.9. The maximum Gasteiger partial charge on any atom is 0.326 e. The van der Waals surface area contributed by atoms with E-state index < -0.39 is 28.5 Å². The highest BCUT2D eigenvalue weighted by molar-refractivity contribution is 7.92. The molecular weight excluding hydrogens is 463 g/mol. The largest absolute Gasteiger partial charge is 0.493 e. The molecule has 0 aromatic heterocycles. The van der Waals surface area contributed by atoms with Gasteiger partial charge in [0.05, 0.1) is 19.8 Å². The lowest BCUT2D eigenvalue weighted by Crippen LogP contribution is -2.44. The number of nitrogens with one attached hydrogen (secondary N) is 1. The van der Waals surface area contributed by atoms with Crippen LogP contribution in [0.1, 0.15) is 12.5 Å². The van der Waals surface area contributed by atoms with Crippen LogP contribution in [0, 0.1) is 11.2 Å². The number of amides is 1. The molecule has 2 aliphatic heterocycles. The average Bonchev–Trinajstić information content (AvgIpc) is 3.07. The van der Waals surface area contributed by atoms with Crippen LogP contribution in [0.3, 0.4) is 0 Å². The summed E-state index contributed by atoms with van der Waals surface area (Å²) < 4.78 is 60.5. The van der Waals surface area contributed by atoms with E-state index in [0.29, 0.717) is 35.3 Å². The van der Waals surface area contributed by atoms with Gasteiger partial charge in [-0.3, -0.25) is 4.79 Å². The van der Waals surface area contributed by atoms with E-state index in [4.69, 9.17) is 14.2 Å². The summed E-state index contributed by atoms with van der Waals surface area (Å²) in [5.74, 6) is -1.10. The summed E-state index contributed by atoms with van der Waals surface area (Å²) in [6.45, 7) is 3.18. The number of hydrogen-bond donors (Lipinski definition) is 1. The molecule has 2 heterocycles. The Balaban J connectivity index is 1.55. The normalized spacial score (nSPS) is 18.4. The first kappa shape index (κ1) is 22.4. The van der Waals surface area contributed by atoms with Crippen LogP contribution >= 0.6 is 0 Å². The van der Waals surface area contributed by atoms with Gasteiger partial charge in [-0.1, -0.05) is 43.3 Å². The standard InChI is InChI=1S/C24H23FN2O6S/c1-24(13-31-14-24)15-33-18-8-7-17-9-20(32-12-16-5-3-2-4-6-16)23(22(25)19(17)10-18)27-11-21(28)26-34(27,29)30/h2-10H,11-15H2,1H3,(H,26,28). The Morgan fingerprint density at radius 1 is 1.12 bits per heavy atom. The molecule has 34 heavy (non-hydrogen) atoms. The fourth-order valence-electron chi connectivity index (χ4n) is 3.90. The van der Waals surface area contributed by atoms with Crippen molar-refractivity contribution in [2.75, 3.05) is 30.7 Å². The molecule has 0 atom stereocenters. The molecule has 8 nitrogen and oxygen atoms in total. The number of carbonyl (C=O) groups excluding carboxylic acids is 1. The zero-order valence-electron chi connectivity index (χ0n) is 18.4. The van der Waals surface area contributed by atoms with Crippen molar-refractivity contribution < 1.29 is 31.8 Å². The molecule has 10 heteroatoms. The Bertz CT molecular complexity index is 1360. The van der Waals surface area contributed by atoms with Gasteiger partial charge in [0.1, 0.15) is 30.3 Å². The number of halogens is 1. The topological polar surface area (TPSA) is 94.2 Å². The van der Waals surface area contributed by atoms with Crippen LogP contribution in [-0.4, -0.2) is 40.7 Å². The number of ether oxygens (including phenoxy) is 3. The van der Waals surface area contributed by atoms with Crippen molar-refractivity contribution in [1.82, 2.24) is 4.72 Å². The number of fused-ring (bicyclic) bond motifs is 1. The smallest absolute Gasteiger partial charge is 0.326 e. The van der Waals surface area contributed by atoms with Crippen molar-refractivity contribution >= 4 is 32.6 Å². The second-order valence-corrected chi connectivity index (χ2v) is 10.4. The van der Waals surface area contributed by atoms with Gasteiger partial charge in [0.15, 0.2) is 5.82 Å². The lowest BCUT2D eigenvalue weighted by Gasteiger charge is -2.37. The predicted octanol–water partition coefficient (Wildman–Crippen LogP) is 3.15. The number of hydrogen-bond acceptors (Lipinski definition) is 6. The van der Waals surface area contributed by atoms with Gasteiger partial charge in [-0.25, -0.2) is 13.4 Å². The van der Waals surface area contributed by atoms with Crippen LogP contribution in [0.4, 0.5) is 10.1 Å². The second kappa shape index (κ2) is 8.44. The monoisotopic (exact) mass is 486 g/mol. The summed E-state index contributed by atoms with van der Waals surface area (Å²) >= 11 is 0. The van der Waals surface area contributed by atoms with Crippen molar-refractivity contribution in [3.8, 4) is 11.5 Å². The third-order valence-electron chi connectivity index (χ3n) is 5.78. The number of anilines is 1. The Labute approximate surface area is 196 Å². The summed E-state index contributed by atoms with van der Waals surface area (Å²) in [5.41, 5.74) is 0.409. The molecule has 2 saturated heterocycles. The van der Waals surface area contributed by atoms with E-state index in [1.54, 1.807) is 18.2 Å². The van der Waals surface area contributed by atoms with Crippen LogP contribution < -0.4 is 18.5 Å². The predicted molar refractivity (Wildman–Crippen MR) is 124 cm³/mol. The summed E-state index contributed by atoms with van der Waals surface area (Å²) in [7, 11) is -4.25. The van der Waals surface area contributed by atoms with Crippen LogP contribution in [0.5, 0.6) is 11.5 Å². The number of carbonyl (C=O) groups is 1. The molecule has 0 spiro atoms. The molecule has 178 valence electrons. The molecule has 0 radical (unpaired) electrons. The Kier molecular flexibility index (Phi) is 5.57. The first-order valence-corrected chi connectivity index (χ1v) is 12.1. The van der Waals surface area contributed by atoms with E-state index in [1.165, 1.54) is 6.07 Å². The van der Waals surface area contributed by atoms with Crippen LogP contribution in [-0.2, 0) is 26.3 Å². The van der Waals surface area contributed by atoms with Crippen LogP contribution in [0.25, 0.3) is 10.8 Å². The van der Waals surface area contributed by atoms with E-state index in [1.807, 2.05) is 42.0 Å². The summed E-state index contributed by atoms with van der Waals surface area (Å²) in [6, 6.07) is 15.7. The van der Waals surface area contributed by atoms with E-state index >= 15 is 4.39 Å². The van der Waals surface area contributed by atoms with Crippen molar-refractivity contribution in [3.63, 3.8) is 0 Å². The number of nitrogens with zero attached hydrogens (tertiary/aromatic N) is 1. The highest BCUT2D eigenvalue weighted by atomic mass is 32.2. The number of rotatable bonds is 7. The van der Waals surface area contributed by atoms with E-state index in [2.05, 4.69) is 0 Å². The molecule has 0 aliphatic carbocycles. The summed E-state index contributed by atoms with van der Waals surface area (Å²) in [4.78, 5) is 11.8. The van der Waals surface area contributed by atoms with Crippen molar-refractivity contribution in [2.24, 2.45) is 5.41 Å². The molecule has 2 aliphatic rings. The Morgan fingerprint density at radius 2 is 1.88 bits per heavy atom. The highest BCUT2D eigenvalue weighted by Crippen LogP contribution is 2.40. The Hall–Kier alpha value is -3.37. The van der Waals surface area contributed by atoms with Gasteiger partial charge in [0.2, 0.25) is 0 Å². The first-order chi connectivity index (χ1) is 16.2. The van der Waals surface area contributed by atoms with Gasteiger partial charge in [-0.2, -0.15) is 8.42 Å². The zero-order valence-corrected chi connectivity index (χ0v) is 19.2. The van der Waals surface area contributed by atoms with Crippen molar-refractivity contribution in [1.29, 1.82) is 0 Å². The minimum absolute atomic E-state index is 0.0155. The van der Waals surface area contributed by atoms with Gasteiger partial charge < -0.3 is 14.2 Å². The molecule has 3 aromatic rings. The highest BCUT2D eigenvalue weighted by Gasteiger charge is 2.38. The SMILES string of the molecule is CC1(COc2ccc3cc(OCc4ccccc4)c(N4CC(=O)NS4(=O)=O)c(F)c3c2)COC1. The minimum Gasteiger partial charge on any atom is -0.493 e. The summed E-state index contributed by atoms with van der Waals surface area (Å²) in [6.07, 6.45) is 0. The van der Waals surface area contributed by atoms with Gasteiger partial charge in [-0.05, 0) is 29.1 Å². The molecule has 1 N–H and O–H groups in total. The van der Waals surface area contributed by atoms with E-state index in [-0.39, 0.29) is 28.8 Å². The lowest BCUT2D eigenvalue weighted by molar-refractivity contribution is -0.120. The molecular formula is C24H23FN2O6S. The molecule has 0 saturated carbocycles. The minimum atomic E-state index is -4.25. The molecule has 5 rings (SSSR count). The fraction of sp³-hybridized carbons (Fsp3) is 0.292. The van der Waals surface area contributed by atoms with Gasteiger partial charge in [0.25, 0.3) is 5.91 Å². The maximum atomic E-state index is 15.9. The van der Waals surface area contributed by atoms with Gasteiger partial charge in [0, 0.05) is 10.8 Å². The van der Waals surface area contributed by atoms with Crippen LogP contribution in [0.15, 0.2) is 54.6 Å². The lowest BCUT2D eigenvalue weighted by atomic mass is 9.90. The Morgan fingerprint density at radius 3 is 2.53 bits per heavy atom. The van der Waals surface area contributed by atoms with Gasteiger partial charge >= 0.3 is 10.2 Å². The van der Waals surface area contributed by atoms with Crippen molar-refractivity contribution in [2.45, 2.75) is 13.5 Å². The molecule has 3 aromatic carbocycles. The molecule has 1 amide bonds. The van der Waals surface area contributed by atoms with E-state index in [0.717, 1.165) is 5.56 Å². The van der Waals surface area contributed by atoms with Crippen molar-refractivity contribution in [3.05, 3.63) is 66.0 Å². The molecule has 2 fully saturated rings. The third-order valence-corrected chi connectivity index (χ3v) is 7.16. The number of benzene rings is 3. The first-order valence-electron chi connectivity index (χ1n) is 10.7. The summed E-state index contributed by atoms with van der Waals surface area (Å²) in [5, 5.41) is 0.662. The van der Waals surface area contributed by atoms with Gasteiger partial charge in [-0.15, -0.1) is 0 Å². The molecule has 0 bridgehead atoms. The third kappa shape index (κ3) is 4.26. The quantitative estimate of drug-likeness (QED) is 0.552. The second-order valence-electron chi connectivity index (χ2n) is 8.82. The molecule has 0 unspecified atom stereocenters. The fourth-order valence-corrected chi connectivity index (χ4v) is 5.06.